The van der Waals surface area contributed by atoms with E-state index in [0.29, 0.717) is 0 Å². The van der Waals surface area contributed by atoms with Crippen LogP contribution in [-0.4, -0.2) is 21.0 Å². The second-order valence-electron chi connectivity index (χ2n) is 0.737. The molecule has 0 fully saturated rings. The van der Waals surface area contributed by atoms with Gasteiger partial charge in [0.05, 0.1) is 0 Å². The first-order valence-electron chi connectivity index (χ1n) is 1.45. The zero-order valence-corrected chi connectivity index (χ0v) is 7.38. The maximum Gasteiger partial charge on any atom is 1.00 e. The Kier molecular flexibility index (Phi) is 8.48. The Balaban J connectivity index is -0.000000245. The van der Waals surface area contributed by atoms with E-state index in [1.54, 1.807) is 0 Å². The molecule has 0 aliphatic carbocycles. The van der Waals surface area contributed by atoms with Crippen LogP contribution >= 0.6 is 0 Å². The summed E-state index contributed by atoms with van der Waals surface area (Å²) >= 11 is -2.68. The summed E-state index contributed by atoms with van der Waals surface area (Å²) < 4.78 is 20.6. The van der Waals surface area contributed by atoms with Crippen molar-refractivity contribution in [2.24, 2.45) is 0 Å². The molecule has 48 valence electrons. The van der Waals surface area contributed by atoms with E-state index in [0.717, 1.165) is 0 Å². The molecule has 0 spiro atoms. The van der Waals surface area contributed by atoms with E-state index in [9.17, 15) is 13.8 Å². The molecule has 0 rings (SSSR count). The summed E-state index contributed by atoms with van der Waals surface area (Å²) in [5.74, 6) is -1.36. The molecule has 0 aromatic heterocycles. The predicted molar refractivity (Wildman–Crippen MR) is 24.0 cm³/mol. The predicted octanol–water partition coefficient (Wildman–Crippen LogP) is -4.02. The molecule has 1 unspecified atom stereocenters. The number of aldehydes is 1. The van der Waals surface area contributed by atoms with Gasteiger partial charge in [0.25, 0.3) is 0 Å². The monoisotopic (exact) mass is 162 g/mol. The molecular formula is C2H3NaO5S. The van der Waals surface area contributed by atoms with Crippen LogP contribution in [0, 0.1) is 0 Å². The average molecular weight is 162 g/mol. The molecule has 0 radical (unpaired) electrons. The van der Waals surface area contributed by atoms with Crippen LogP contribution in [0.5, 0.6) is 0 Å². The molecule has 1 atom stereocenters. The molecule has 0 heterocycles. The third-order valence-electron chi connectivity index (χ3n) is 0.250. The van der Waals surface area contributed by atoms with E-state index in [1.165, 1.54) is 0 Å². The van der Waals surface area contributed by atoms with Crippen molar-refractivity contribution in [1.82, 2.24) is 0 Å². The number of carbonyl (C=O) groups is 2. The van der Waals surface area contributed by atoms with Crippen molar-refractivity contribution < 1.29 is 53.5 Å². The number of carbonyl (C=O) groups excluding carboxylic acids is 2. The molecule has 0 aliphatic heterocycles. The Morgan fingerprint density at radius 1 is 1.78 bits per heavy atom. The van der Waals surface area contributed by atoms with Gasteiger partial charge >= 0.3 is 46.9 Å². The molecule has 7 heteroatoms. The fourth-order valence-corrected chi connectivity index (χ4v) is 0.270. The van der Waals surface area contributed by atoms with Crippen LogP contribution < -0.4 is 29.6 Å². The first-order valence-corrected chi connectivity index (χ1v) is 2.48. The van der Waals surface area contributed by atoms with Gasteiger partial charge < -0.3 is 5.61 Å². The van der Waals surface area contributed by atoms with Crippen LogP contribution in [0.2, 0.25) is 0 Å². The first kappa shape index (κ1) is 12.0. The Hall–Kier alpha value is 0.250. The zero-order chi connectivity index (χ0) is 6.57. The van der Waals surface area contributed by atoms with E-state index < -0.39 is 17.3 Å². The summed E-state index contributed by atoms with van der Waals surface area (Å²) in [5, 5.41) is 0. The zero-order valence-electron chi connectivity index (χ0n) is 5.57. The minimum absolute atomic E-state index is 0. The fourth-order valence-electron chi connectivity index (χ4n) is 0.0899. The van der Waals surface area contributed by atoms with Crippen LogP contribution in [-0.2, 0) is 25.1 Å². The number of hydrogen-bond donors (Lipinski definition) is 1. The molecule has 0 aliphatic rings. The molecule has 0 bridgehead atoms. The average Bonchev–Trinajstić information content (AvgIpc) is 1.65. The van der Waals surface area contributed by atoms with Gasteiger partial charge in [0.1, 0.15) is 0 Å². The SMILES string of the molecule is O=CC(=O)OS(=O)O.[H-].[Na+]. The maximum atomic E-state index is 9.68. The Morgan fingerprint density at radius 2 is 2.22 bits per heavy atom. The Labute approximate surface area is 77.0 Å². The van der Waals surface area contributed by atoms with Gasteiger partial charge in [0.15, 0.2) is 0 Å². The van der Waals surface area contributed by atoms with Crippen molar-refractivity contribution in [3.05, 3.63) is 0 Å². The molecule has 0 aromatic carbocycles. The van der Waals surface area contributed by atoms with Crippen LogP contribution in [0.25, 0.3) is 0 Å². The van der Waals surface area contributed by atoms with Crippen molar-refractivity contribution in [1.29, 1.82) is 0 Å². The molecule has 0 saturated carbocycles. The maximum absolute atomic E-state index is 9.68. The quantitative estimate of drug-likeness (QED) is 0.193. The van der Waals surface area contributed by atoms with Gasteiger partial charge in [-0.3, -0.25) is 9.35 Å². The van der Waals surface area contributed by atoms with E-state index in [1.807, 2.05) is 0 Å². The van der Waals surface area contributed by atoms with Gasteiger partial charge in [0.2, 0.25) is 6.29 Å². The smallest absolute Gasteiger partial charge is 1.00 e. The van der Waals surface area contributed by atoms with Crippen molar-refractivity contribution in [3.63, 3.8) is 0 Å². The fraction of sp³-hybridized carbons (Fsp3) is 0. The molecule has 1 N–H and O–H groups in total. The standard InChI is InChI=1S/C2H2O5S.Na.H/c3-1-2(4)7-8(5)6;;/h1H,(H,5,6);;/q;+1;-1. The van der Waals surface area contributed by atoms with Gasteiger partial charge in [-0.2, -0.15) is 4.21 Å². The molecule has 0 amide bonds. The summed E-state index contributed by atoms with van der Waals surface area (Å²) in [6.45, 7) is 0. The van der Waals surface area contributed by atoms with Crippen molar-refractivity contribution >= 4 is 23.6 Å². The molecule has 5 nitrogen and oxygen atoms in total. The minimum Gasteiger partial charge on any atom is -1.00 e. The number of hydrogen-bond acceptors (Lipinski definition) is 4. The minimum atomic E-state index is -2.68. The summed E-state index contributed by atoms with van der Waals surface area (Å²) in [5.41, 5.74) is 0. The van der Waals surface area contributed by atoms with Crippen LogP contribution in [0.4, 0.5) is 0 Å². The largest absolute Gasteiger partial charge is 1.00 e. The third kappa shape index (κ3) is 8.25. The van der Waals surface area contributed by atoms with Crippen LogP contribution in [0.1, 0.15) is 1.43 Å². The first-order chi connectivity index (χ1) is 3.66. The van der Waals surface area contributed by atoms with Gasteiger partial charge in [-0.25, -0.2) is 4.79 Å². The van der Waals surface area contributed by atoms with Gasteiger partial charge in [0, 0.05) is 0 Å². The van der Waals surface area contributed by atoms with E-state index in [2.05, 4.69) is 4.18 Å². The third-order valence-corrected chi connectivity index (χ3v) is 0.556. The van der Waals surface area contributed by atoms with Crippen molar-refractivity contribution in [2.75, 3.05) is 0 Å². The van der Waals surface area contributed by atoms with E-state index in [-0.39, 0.29) is 37.3 Å². The molecule has 0 aromatic rings. The van der Waals surface area contributed by atoms with Crippen LogP contribution in [0.15, 0.2) is 0 Å². The molecule has 0 saturated heterocycles. The van der Waals surface area contributed by atoms with Gasteiger partial charge in [-0.1, -0.05) is 0 Å². The van der Waals surface area contributed by atoms with Crippen molar-refractivity contribution in [3.8, 4) is 0 Å². The Morgan fingerprint density at radius 3 is 2.33 bits per heavy atom. The van der Waals surface area contributed by atoms with Gasteiger partial charge in [-0.15, -0.1) is 0 Å². The van der Waals surface area contributed by atoms with Gasteiger partial charge in [-0.05, 0) is 0 Å². The molecule has 9 heavy (non-hydrogen) atoms. The summed E-state index contributed by atoms with van der Waals surface area (Å²) in [6.07, 6.45) is -0.200. The summed E-state index contributed by atoms with van der Waals surface area (Å²) in [7, 11) is 0. The van der Waals surface area contributed by atoms with E-state index >= 15 is 0 Å². The van der Waals surface area contributed by atoms with E-state index in [4.69, 9.17) is 4.55 Å². The topological polar surface area (TPSA) is 80.7 Å². The summed E-state index contributed by atoms with van der Waals surface area (Å²) in [4.78, 5) is 19.0. The normalized spacial score (nSPS) is 10.8. The summed E-state index contributed by atoms with van der Waals surface area (Å²) in [6, 6.07) is 0. The second-order valence-corrected chi connectivity index (χ2v) is 1.34. The number of rotatable bonds is 2. The molecular weight excluding hydrogens is 159 g/mol. The van der Waals surface area contributed by atoms with Crippen molar-refractivity contribution in [2.45, 2.75) is 0 Å². The Bertz CT molecular complexity index is 138. The van der Waals surface area contributed by atoms with Crippen LogP contribution in [0.3, 0.4) is 0 Å². The second kappa shape index (κ2) is 6.37.